The standard InChI is InChI=1S/C19H14Cl2N4O2S2/c1-24-14-5-3-10(20)7-12(14)16(26)18(22-24)28-9-29-19-17(27)13-8-11(21)4-6-15(13)25(2)23-19/h3-8H,9H2,1-2H3. The van der Waals surface area contributed by atoms with Gasteiger partial charge in [-0.25, -0.2) is 0 Å². The minimum absolute atomic E-state index is 0.183. The molecule has 0 spiro atoms. The van der Waals surface area contributed by atoms with E-state index in [0.717, 1.165) is 0 Å². The SMILES string of the molecule is Cn1nc(SCSc2nn(C)c3ccc(Cl)cc3c2=O)c(=O)c2cc(Cl)ccc21. The van der Waals surface area contributed by atoms with E-state index in [9.17, 15) is 9.59 Å². The minimum Gasteiger partial charge on any atom is -0.286 e. The van der Waals surface area contributed by atoms with E-state index >= 15 is 0 Å². The van der Waals surface area contributed by atoms with Crippen LogP contribution in [0.25, 0.3) is 21.8 Å². The van der Waals surface area contributed by atoms with Crippen molar-refractivity contribution in [3.8, 4) is 0 Å². The summed E-state index contributed by atoms with van der Waals surface area (Å²) in [4.78, 5) is 25.5. The Kier molecular flexibility index (Phi) is 5.61. The second-order valence-electron chi connectivity index (χ2n) is 6.25. The lowest BCUT2D eigenvalue weighted by Gasteiger charge is -2.09. The van der Waals surface area contributed by atoms with Crippen molar-refractivity contribution in [2.75, 3.05) is 5.08 Å². The Hall–Kier alpha value is -2.00. The van der Waals surface area contributed by atoms with Crippen molar-refractivity contribution in [1.29, 1.82) is 0 Å². The smallest absolute Gasteiger partial charge is 0.221 e. The molecule has 0 radical (unpaired) electrons. The van der Waals surface area contributed by atoms with Gasteiger partial charge in [0.25, 0.3) is 0 Å². The van der Waals surface area contributed by atoms with E-state index < -0.39 is 0 Å². The van der Waals surface area contributed by atoms with Gasteiger partial charge in [0.1, 0.15) is 0 Å². The van der Waals surface area contributed by atoms with Gasteiger partial charge in [-0.15, -0.1) is 0 Å². The summed E-state index contributed by atoms with van der Waals surface area (Å²) >= 11 is 14.6. The molecule has 0 atom stereocenters. The summed E-state index contributed by atoms with van der Waals surface area (Å²) in [6.45, 7) is 0. The van der Waals surface area contributed by atoms with Crippen molar-refractivity contribution in [1.82, 2.24) is 19.6 Å². The fourth-order valence-corrected chi connectivity index (χ4v) is 5.29. The number of rotatable bonds is 4. The van der Waals surface area contributed by atoms with E-state index in [2.05, 4.69) is 10.2 Å². The topological polar surface area (TPSA) is 69.8 Å². The maximum Gasteiger partial charge on any atom is 0.221 e. The molecule has 0 aliphatic carbocycles. The molecule has 148 valence electrons. The second kappa shape index (κ2) is 8.02. The molecule has 0 N–H and O–H groups in total. The largest absolute Gasteiger partial charge is 0.286 e. The normalized spacial score (nSPS) is 11.4. The number of halogens is 2. The van der Waals surface area contributed by atoms with E-state index in [1.807, 2.05) is 0 Å². The molecular weight excluding hydrogens is 451 g/mol. The molecule has 0 aliphatic rings. The van der Waals surface area contributed by atoms with Crippen LogP contribution in [0.5, 0.6) is 0 Å². The Bertz CT molecular complexity index is 1280. The summed E-state index contributed by atoms with van der Waals surface area (Å²) in [7, 11) is 3.55. The van der Waals surface area contributed by atoms with E-state index in [1.54, 1.807) is 59.9 Å². The lowest BCUT2D eigenvalue weighted by atomic mass is 10.2. The summed E-state index contributed by atoms with van der Waals surface area (Å²) in [5.41, 5.74) is 1.05. The molecule has 0 aliphatic heterocycles. The molecule has 0 unspecified atom stereocenters. The zero-order valence-electron chi connectivity index (χ0n) is 15.3. The van der Waals surface area contributed by atoms with Crippen molar-refractivity contribution < 1.29 is 0 Å². The third-order valence-electron chi connectivity index (χ3n) is 4.37. The van der Waals surface area contributed by atoms with Crippen LogP contribution in [0.4, 0.5) is 0 Å². The minimum atomic E-state index is -0.183. The summed E-state index contributed by atoms with van der Waals surface area (Å²) in [6, 6.07) is 10.3. The van der Waals surface area contributed by atoms with Crippen LogP contribution >= 0.6 is 46.7 Å². The van der Waals surface area contributed by atoms with Gasteiger partial charge in [0.05, 0.1) is 26.9 Å². The van der Waals surface area contributed by atoms with Gasteiger partial charge in [-0.3, -0.25) is 19.0 Å². The van der Waals surface area contributed by atoms with Crippen molar-refractivity contribution in [3.63, 3.8) is 0 Å². The number of benzene rings is 2. The zero-order chi connectivity index (χ0) is 20.7. The number of hydrogen-bond acceptors (Lipinski definition) is 6. The van der Waals surface area contributed by atoms with E-state index in [4.69, 9.17) is 23.2 Å². The Morgan fingerprint density at radius 2 is 1.21 bits per heavy atom. The maximum absolute atomic E-state index is 12.7. The average Bonchev–Trinajstić information content (AvgIpc) is 2.69. The van der Waals surface area contributed by atoms with Gasteiger partial charge in [0.2, 0.25) is 10.9 Å². The van der Waals surface area contributed by atoms with Crippen molar-refractivity contribution in [2.45, 2.75) is 10.1 Å². The Morgan fingerprint density at radius 3 is 1.62 bits per heavy atom. The number of hydrogen-bond donors (Lipinski definition) is 0. The highest BCUT2D eigenvalue weighted by Crippen LogP contribution is 2.25. The van der Waals surface area contributed by atoms with E-state index in [1.165, 1.54) is 23.5 Å². The predicted octanol–water partition coefficient (Wildman–Crippen LogP) is 4.33. The number of aromatic nitrogens is 4. The Labute approximate surface area is 183 Å². The van der Waals surface area contributed by atoms with Crippen LogP contribution in [0.3, 0.4) is 0 Å². The third kappa shape index (κ3) is 3.90. The molecule has 2 aromatic carbocycles. The third-order valence-corrected chi connectivity index (χ3v) is 6.86. The van der Waals surface area contributed by atoms with Gasteiger partial charge in [0, 0.05) is 24.1 Å². The predicted molar refractivity (Wildman–Crippen MR) is 121 cm³/mol. The highest BCUT2D eigenvalue weighted by Gasteiger charge is 2.13. The molecule has 0 bridgehead atoms. The van der Waals surface area contributed by atoms with Gasteiger partial charge in [-0.05, 0) is 36.4 Å². The molecule has 4 aromatic rings. The molecule has 0 saturated heterocycles. The van der Waals surface area contributed by atoms with Crippen LogP contribution in [-0.2, 0) is 14.1 Å². The quantitative estimate of drug-likeness (QED) is 0.330. The molecule has 0 fully saturated rings. The summed E-state index contributed by atoms with van der Waals surface area (Å²) in [6.07, 6.45) is 0. The highest BCUT2D eigenvalue weighted by molar-refractivity contribution is 8.15. The van der Waals surface area contributed by atoms with Gasteiger partial charge in [-0.1, -0.05) is 46.7 Å². The number of aryl methyl sites for hydroxylation is 2. The Morgan fingerprint density at radius 1 is 0.793 bits per heavy atom. The van der Waals surface area contributed by atoms with Gasteiger partial charge in [0.15, 0.2) is 10.1 Å². The first-order valence-electron chi connectivity index (χ1n) is 8.44. The zero-order valence-corrected chi connectivity index (χ0v) is 18.5. The van der Waals surface area contributed by atoms with Crippen LogP contribution in [0.1, 0.15) is 0 Å². The number of nitrogens with zero attached hydrogens (tertiary/aromatic N) is 4. The van der Waals surface area contributed by atoms with Crippen molar-refractivity contribution >= 4 is 68.5 Å². The lowest BCUT2D eigenvalue weighted by Crippen LogP contribution is -2.15. The van der Waals surface area contributed by atoms with Gasteiger partial charge >= 0.3 is 0 Å². The van der Waals surface area contributed by atoms with Crippen molar-refractivity contribution in [2.24, 2.45) is 14.1 Å². The van der Waals surface area contributed by atoms with Crippen molar-refractivity contribution in [3.05, 3.63) is 66.9 Å². The average molecular weight is 465 g/mol. The van der Waals surface area contributed by atoms with Gasteiger partial charge < -0.3 is 0 Å². The first kappa shape index (κ1) is 20.3. The second-order valence-corrected chi connectivity index (χ2v) is 9.41. The van der Waals surface area contributed by atoms with Crippen LogP contribution < -0.4 is 10.9 Å². The monoisotopic (exact) mass is 464 g/mol. The number of fused-ring (bicyclic) bond motifs is 2. The fraction of sp³-hybridized carbons (Fsp3) is 0.158. The Balaban J connectivity index is 1.63. The molecule has 2 heterocycles. The molecule has 2 aromatic heterocycles. The molecule has 0 amide bonds. The van der Waals surface area contributed by atoms with E-state index in [0.29, 0.717) is 47.0 Å². The maximum atomic E-state index is 12.7. The van der Waals surface area contributed by atoms with Crippen LogP contribution in [-0.4, -0.2) is 24.6 Å². The van der Waals surface area contributed by atoms with E-state index in [-0.39, 0.29) is 10.9 Å². The first-order chi connectivity index (χ1) is 13.8. The molecular formula is C19H14Cl2N4O2S2. The molecule has 4 rings (SSSR count). The van der Waals surface area contributed by atoms with Crippen LogP contribution in [0, 0.1) is 0 Å². The molecule has 10 heteroatoms. The summed E-state index contributed by atoms with van der Waals surface area (Å²) in [5, 5.41) is 11.8. The fourth-order valence-electron chi connectivity index (χ4n) is 2.98. The molecule has 6 nitrogen and oxygen atoms in total. The first-order valence-corrected chi connectivity index (χ1v) is 11.2. The summed E-state index contributed by atoms with van der Waals surface area (Å²) < 4.78 is 3.30. The number of thioether (sulfide) groups is 2. The van der Waals surface area contributed by atoms with Gasteiger partial charge in [-0.2, -0.15) is 10.2 Å². The molecule has 0 saturated carbocycles. The lowest BCUT2D eigenvalue weighted by molar-refractivity contribution is 0.723. The van der Waals surface area contributed by atoms with Crippen LogP contribution in [0.2, 0.25) is 10.0 Å². The molecule has 29 heavy (non-hydrogen) atoms. The summed E-state index contributed by atoms with van der Waals surface area (Å²) in [5.74, 6) is 0. The van der Waals surface area contributed by atoms with Crippen LogP contribution in [0.15, 0.2) is 56.0 Å². The highest BCUT2D eigenvalue weighted by atomic mass is 35.5.